The lowest BCUT2D eigenvalue weighted by molar-refractivity contribution is 1.18. The van der Waals surface area contributed by atoms with Crippen LogP contribution in [0.5, 0.6) is 0 Å². The minimum atomic E-state index is 1.09. The maximum atomic E-state index is 2.45. The summed E-state index contributed by atoms with van der Waals surface area (Å²) in [5, 5.41) is 5.04. The van der Waals surface area contributed by atoms with Crippen molar-refractivity contribution in [3.8, 4) is 50.2 Å². The molecule has 0 atom stereocenters. The number of nitrogens with zero attached hydrogens (tertiary/aromatic N) is 2. The van der Waals surface area contributed by atoms with Gasteiger partial charge in [0.15, 0.2) is 0 Å². The molecule has 0 N–H and O–H groups in total. The van der Waals surface area contributed by atoms with Crippen molar-refractivity contribution >= 4 is 70.4 Å². The van der Waals surface area contributed by atoms with Gasteiger partial charge in [-0.25, -0.2) is 0 Å². The highest BCUT2D eigenvalue weighted by molar-refractivity contribution is 7.26. The van der Waals surface area contributed by atoms with Gasteiger partial charge in [0.05, 0.1) is 16.7 Å². The summed E-state index contributed by atoms with van der Waals surface area (Å²) < 4.78 is 5.04. The van der Waals surface area contributed by atoms with E-state index in [0.29, 0.717) is 0 Å². The molecule has 0 aliphatic heterocycles. The predicted octanol–water partition coefficient (Wildman–Crippen LogP) is 17.3. The highest BCUT2D eigenvalue weighted by atomic mass is 32.1. The molecule has 0 bridgehead atoms. The fourth-order valence-electron chi connectivity index (χ4n) is 9.49. The van der Waals surface area contributed by atoms with Crippen molar-refractivity contribution in [1.82, 2.24) is 4.57 Å². The van der Waals surface area contributed by atoms with Crippen molar-refractivity contribution in [3.05, 3.63) is 243 Å². The molecule has 3 heteroatoms. The van der Waals surface area contributed by atoms with Crippen LogP contribution in [-0.4, -0.2) is 4.57 Å². The third-order valence-electron chi connectivity index (χ3n) is 12.4. The van der Waals surface area contributed by atoms with E-state index in [1.165, 1.54) is 81.0 Å². The number of rotatable bonds is 8. The molecule has 0 spiro atoms. The van der Waals surface area contributed by atoms with Gasteiger partial charge >= 0.3 is 0 Å². The van der Waals surface area contributed by atoms with Crippen LogP contribution < -0.4 is 4.90 Å². The average molecular weight is 821 g/mol. The summed E-state index contributed by atoms with van der Waals surface area (Å²) in [6.45, 7) is 0. The smallest absolute Gasteiger partial charge is 0.0561 e. The summed E-state index contributed by atoms with van der Waals surface area (Å²) >= 11 is 1.88. The number of benzene rings is 10. The van der Waals surface area contributed by atoms with Gasteiger partial charge in [-0.3, -0.25) is 0 Å². The second kappa shape index (κ2) is 15.5. The Morgan fingerprint density at radius 3 is 1.60 bits per heavy atom. The van der Waals surface area contributed by atoms with Crippen molar-refractivity contribution in [3.63, 3.8) is 0 Å². The van der Waals surface area contributed by atoms with Crippen LogP contribution in [0.4, 0.5) is 17.1 Å². The molecule has 63 heavy (non-hydrogen) atoms. The first-order valence-electron chi connectivity index (χ1n) is 21.5. The van der Waals surface area contributed by atoms with Gasteiger partial charge in [0.1, 0.15) is 0 Å². The molecule has 2 heterocycles. The van der Waals surface area contributed by atoms with Crippen molar-refractivity contribution in [2.75, 3.05) is 4.90 Å². The summed E-state index contributed by atoms with van der Waals surface area (Å²) in [5.41, 5.74) is 16.4. The third kappa shape index (κ3) is 6.41. The van der Waals surface area contributed by atoms with E-state index in [9.17, 15) is 0 Å². The Kier molecular flexibility index (Phi) is 9.06. The topological polar surface area (TPSA) is 8.17 Å². The first-order valence-corrected chi connectivity index (χ1v) is 22.3. The third-order valence-corrected chi connectivity index (χ3v) is 13.7. The molecule has 2 nitrogen and oxygen atoms in total. The molecule has 0 radical (unpaired) electrons. The zero-order valence-corrected chi connectivity index (χ0v) is 35.2. The molecule has 0 aliphatic carbocycles. The highest BCUT2D eigenvalue weighted by Crippen LogP contribution is 2.47. The van der Waals surface area contributed by atoms with E-state index >= 15 is 0 Å². The van der Waals surface area contributed by atoms with Gasteiger partial charge in [0.2, 0.25) is 0 Å². The molecular weight excluding hydrogens is 781 g/mol. The van der Waals surface area contributed by atoms with E-state index in [0.717, 1.165) is 28.3 Å². The normalized spacial score (nSPS) is 11.5. The number of fused-ring (bicyclic) bond motifs is 6. The second-order valence-corrected chi connectivity index (χ2v) is 17.1. The molecule has 2 aromatic heterocycles. The number of anilines is 3. The van der Waals surface area contributed by atoms with Crippen molar-refractivity contribution in [1.29, 1.82) is 0 Å². The van der Waals surface area contributed by atoms with E-state index in [1.54, 1.807) is 0 Å². The molecule has 10 aromatic carbocycles. The van der Waals surface area contributed by atoms with Crippen LogP contribution in [0, 0.1) is 0 Å². The van der Waals surface area contributed by atoms with Crippen LogP contribution in [0.3, 0.4) is 0 Å². The summed E-state index contributed by atoms with van der Waals surface area (Å²) in [4.78, 5) is 2.45. The number of hydrogen-bond donors (Lipinski definition) is 0. The van der Waals surface area contributed by atoms with Gasteiger partial charge in [-0.2, -0.15) is 0 Å². The Morgan fingerprint density at radius 1 is 0.317 bits per heavy atom. The fraction of sp³-hybridized carbons (Fsp3) is 0. The summed E-state index contributed by atoms with van der Waals surface area (Å²) in [6, 6.07) is 88.3. The molecule has 0 saturated heterocycles. The Bertz CT molecular complexity index is 3600. The molecule has 296 valence electrons. The van der Waals surface area contributed by atoms with Crippen LogP contribution in [0.25, 0.3) is 92.2 Å². The zero-order chi connectivity index (χ0) is 41.7. The van der Waals surface area contributed by atoms with Crippen LogP contribution >= 0.6 is 11.3 Å². The van der Waals surface area contributed by atoms with E-state index in [2.05, 4.69) is 252 Å². The summed E-state index contributed by atoms with van der Waals surface area (Å²) in [6.07, 6.45) is 0. The molecule has 0 saturated carbocycles. The van der Waals surface area contributed by atoms with E-state index in [-0.39, 0.29) is 0 Å². The van der Waals surface area contributed by atoms with E-state index < -0.39 is 0 Å². The Morgan fingerprint density at radius 2 is 0.841 bits per heavy atom. The van der Waals surface area contributed by atoms with E-state index in [4.69, 9.17) is 0 Å². The van der Waals surface area contributed by atoms with Crippen LogP contribution in [0.1, 0.15) is 0 Å². The lowest BCUT2D eigenvalue weighted by Gasteiger charge is -2.28. The maximum Gasteiger partial charge on any atom is 0.0561 e. The van der Waals surface area contributed by atoms with Crippen molar-refractivity contribution in [2.45, 2.75) is 0 Å². The summed E-state index contributed by atoms with van der Waals surface area (Å²) in [5.74, 6) is 0. The Balaban J connectivity index is 1.04. The molecule has 0 unspecified atom stereocenters. The van der Waals surface area contributed by atoms with Gasteiger partial charge < -0.3 is 9.47 Å². The minimum absolute atomic E-state index is 1.09. The van der Waals surface area contributed by atoms with Crippen LogP contribution in [0.15, 0.2) is 243 Å². The molecule has 0 amide bonds. The predicted molar refractivity (Wildman–Crippen MR) is 270 cm³/mol. The van der Waals surface area contributed by atoms with Gasteiger partial charge in [-0.1, -0.05) is 188 Å². The van der Waals surface area contributed by atoms with Gasteiger partial charge in [0.25, 0.3) is 0 Å². The lowest BCUT2D eigenvalue weighted by Crippen LogP contribution is -2.11. The lowest BCUT2D eigenvalue weighted by atomic mass is 9.94. The molecule has 0 aliphatic rings. The van der Waals surface area contributed by atoms with Crippen molar-refractivity contribution in [2.24, 2.45) is 0 Å². The number of thiophene rings is 1. The van der Waals surface area contributed by atoms with Crippen molar-refractivity contribution < 1.29 is 0 Å². The standard InChI is InChI=1S/C60H40N2S/c1-3-16-41(17-4-1)42-30-34-45(35-31-42)61(56-27-12-10-23-51(56)54-25-15-26-55-53-24-11-14-29-59(53)63-60(54)55)47-38-39-52-50-22-9-13-28-57(50)62(58(52)40-47)46-36-32-44(33-37-46)49-21-8-7-20-48(49)43-18-5-2-6-19-43/h1-40H. The number of para-hydroxylation sites is 2. The van der Waals surface area contributed by atoms with Crippen LogP contribution in [0.2, 0.25) is 0 Å². The van der Waals surface area contributed by atoms with E-state index in [1.807, 2.05) is 11.3 Å². The molecule has 0 fully saturated rings. The first-order chi connectivity index (χ1) is 31.3. The Labute approximate surface area is 370 Å². The summed E-state index contributed by atoms with van der Waals surface area (Å²) in [7, 11) is 0. The second-order valence-electron chi connectivity index (χ2n) is 16.1. The maximum absolute atomic E-state index is 2.45. The molecule has 12 rings (SSSR count). The SMILES string of the molecule is c1ccc(-c2ccc(N(c3ccc4c5ccccc5n(-c5ccc(-c6ccccc6-c6ccccc6)cc5)c4c3)c3ccccc3-c3cccc4c3sc3ccccc34)cc2)cc1. The first kappa shape index (κ1) is 36.8. The highest BCUT2D eigenvalue weighted by Gasteiger charge is 2.22. The number of aromatic nitrogens is 1. The van der Waals surface area contributed by atoms with Gasteiger partial charge in [-0.15, -0.1) is 11.3 Å². The molecule has 12 aromatic rings. The molecular formula is C60H40N2S. The van der Waals surface area contributed by atoms with Crippen LogP contribution in [-0.2, 0) is 0 Å². The van der Waals surface area contributed by atoms with Gasteiger partial charge in [0, 0.05) is 59.1 Å². The quantitative estimate of drug-likeness (QED) is 0.148. The van der Waals surface area contributed by atoms with Gasteiger partial charge in [-0.05, 0) is 88.0 Å². The minimum Gasteiger partial charge on any atom is -0.310 e. The zero-order valence-electron chi connectivity index (χ0n) is 34.4. The Hall–Kier alpha value is -7.98. The number of hydrogen-bond acceptors (Lipinski definition) is 2. The fourth-order valence-corrected chi connectivity index (χ4v) is 10.7. The largest absolute Gasteiger partial charge is 0.310 e. The average Bonchev–Trinajstić information content (AvgIpc) is 3.91. The monoisotopic (exact) mass is 820 g/mol.